The van der Waals surface area contributed by atoms with E-state index in [9.17, 15) is 9.90 Å². The van der Waals surface area contributed by atoms with Crippen LogP contribution in [0.2, 0.25) is 0 Å². The fourth-order valence-electron chi connectivity index (χ4n) is 4.08. The van der Waals surface area contributed by atoms with Gasteiger partial charge >= 0.3 is 5.97 Å². The van der Waals surface area contributed by atoms with Gasteiger partial charge in [0.05, 0.1) is 10.8 Å². The highest BCUT2D eigenvalue weighted by molar-refractivity contribution is 7.16. The summed E-state index contributed by atoms with van der Waals surface area (Å²) in [7, 11) is 0. The molecule has 3 heterocycles. The molecular weight excluding hydrogens is 298 g/mol. The van der Waals surface area contributed by atoms with E-state index in [0.29, 0.717) is 6.54 Å². The molecule has 6 heteroatoms. The number of thiophene rings is 1. The van der Waals surface area contributed by atoms with Gasteiger partial charge < -0.3 is 10.0 Å². The van der Waals surface area contributed by atoms with Gasteiger partial charge in [-0.05, 0) is 30.2 Å². The lowest BCUT2D eigenvalue weighted by Gasteiger charge is -2.24. The lowest BCUT2D eigenvalue weighted by Crippen LogP contribution is -2.35. The molecule has 0 unspecified atom stereocenters. The van der Waals surface area contributed by atoms with Crippen LogP contribution in [0.4, 0.5) is 5.82 Å². The summed E-state index contributed by atoms with van der Waals surface area (Å²) >= 11 is 1.62. The van der Waals surface area contributed by atoms with Crippen molar-refractivity contribution in [1.29, 1.82) is 0 Å². The van der Waals surface area contributed by atoms with E-state index in [2.05, 4.69) is 22.9 Å². The van der Waals surface area contributed by atoms with Crippen LogP contribution in [0.5, 0.6) is 0 Å². The normalized spacial score (nSPS) is 27.5. The Kier molecular flexibility index (Phi) is 3.11. The molecule has 0 aromatic carbocycles. The van der Waals surface area contributed by atoms with Gasteiger partial charge in [0.25, 0.3) is 0 Å². The Morgan fingerprint density at radius 2 is 2.41 bits per heavy atom. The van der Waals surface area contributed by atoms with Gasteiger partial charge in [0.1, 0.15) is 16.5 Å². The average molecular weight is 317 g/mol. The maximum absolute atomic E-state index is 11.9. The number of hydrogen-bond donors (Lipinski definition) is 1. The quantitative estimate of drug-likeness (QED) is 0.943. The minimum absolute atomic E-state index is 0.249. The summed E-state index contributed by atoms with van der Waals surface area (Å²) in [6, 6.07) is 2.05. The van der Waals surface area contributed by atoms with Crippen molar-refractivity contribution in [3.63, 3.8) is 0 Å². The zero-order valence-corrected chi connectivity index (χ0v) is 13.4. The molecule has 2 fully saturated rings. The number of fused-ring (bicyclic) bond motifs is 2. The van der Waals surface area contributed by atoms with Crippen LogP contribution in [-0.4, -0.2) is 34.1 Å². The number of aryl methyl sites for hydroxylation is 1. The molecular formula is C16H19N3O2S. The van der Waals surface area contributed by atoms with Gasteiger partial charge in [-0.1, -0.05) is 13.3 Å². The first-order valence-corrected chi connectivity index (χ1v) is 8.74. The molecule has 1 aliphatic carbocycles. The van der Waals surface area contributed by atoms with Crippen LogP contribution in [0.1, 0.15) is 32.0 Å². The number of aromatic nitrogens is 2. The highest BCUT2D eigenvalue weighted by atomic mass is 32.1. The first-order valence-electron chi connectivity index (χ1n) is 7.86. The number of hydrogen-bond acceptors (Lipinski definition) is 5. The number of nitrogens with zero attached hydrogens (tertiary/aromatic N) is 3. The number of aliphatic carboxylic acids is 1. The van der Waals surface area contributed by atoms with Gasteiger partial charge in [0.2, 0.25) is 0 Å². The van der Waals surface area contributed by atoms with Gasteiger partial charge in [0, 0.05) is 19.5 Å². The summed E-state index contributed by atoms with van der Waals surface area (Å²) in [5.41, 5.74) is -0.570. The highest BCUT2D eigenvalue weighted by Gasteiger charge is 2.55. The molecule has 0 radical (unpaired) electrons. The van der Waals surface area contributed by atoms with Crippen LogP contribution in [0, 0.1) is 11.3 Å². The molecule has 2 aliphatic rings. The second-order valence-electron chi connectivity index (χ2n) is 6.39. The van der Waals surface area contributed by atoms with Crippen molar-refractivity contribution < 1.29 is 9.90 Å². The Hall–Kier alpha value is -1.69. The SMILES string of the molecule is CCc1nc(N2C[C@@H]3CCC[C@@]3(C(=O)O)C2)c2ccsc2n1. The van der Waals surface area contributed by atoms with Gasteiger partial charge in [-0.15, -0.1) is 11.3 Å². The molecule has 116 valence electrons. The summed E-state index contributed by atoms with van der Waals surface area (Å²) in [6.07, 6.45) is 3.63. The Balaban J connectivity index is 1.77. The lowest BCUT2D eigenvalue weighted by atomic mass is 9.81. The molecule has 2 atom stereocenters. The summed E-state index contributed by atoms with van der Waals surface area (Å²) in [4.78, 5) is 24.3. The average Bonchev–Trinajstić information content (AvgIpc) is 3.19. The van der Waals surface area contributed by atoms with E-state index >= 15 is 0 Å². The van der Waals surface area contributed by atoms with Crippen molar-refractivity contribution >= 4 is 33.3 Å². The third-order valence-corrected chi connectivity index (χ3v) is 6.07. The van der Waals surface area contributed by atoms with Crippen LogP contribution in [0.3, 0.4) is 0 Å². The highest BCUT2D eigenvalue weighted by Crippen LogP contribution is 2.50. The number of anilines is 1. The third-order valence-electron chi connectivity index (χ3n) is 5.26. The van der Waals surface area contributed by atoms with Crippen molar-refractivity contribution in [2.24, 2.45) is 11.3 Å². The van der Waals surface area contributed by atoms with Crippen molar-refractivity contribution in [3.05, 3.63) is 17.3 Å². The van der Waals surface area contributed by atoms with Crippen LogP contribution in [-0.2, 0) is 11.2 Å². The second kappa shape index (κ2) is 4.91. The zero-order valence-electron chi connectivity index (χ0n) is 12.6. The molecule has 5 nitrogen and oxygen atoms in total. The summed E-state index contributed by atoms with van der Waals surface area (Å²) in [5, 5.41) is 12.8. The Labute approximate surface area is 133 Å². The summed E-state index contributed by atoms with van der Waals surface area (Å²) in [6.45, 7) is 3.44. The van der Waals surface area contributed by atoms with E-state index in [-0.39, 0.29) is 5.92 Å². The molecule has 22 heavy (non-hydrogen) atoms. The molecule has 0 bridgehead atoms. The molecule has 2 aromatic heterocycles. The van der Waals surface area contributed by atoms with Gasteiger partial charge in [0.15, 0.2) is 0 Å². The Morgan fingerprint density at radius 3 is 3.14 bits per heavy atom. The van der Waals surface area contributed by atoms with Gasteiger partial charge in [-0.2, -0.15) is 0 Å². The first kappa shape index (κ1) is 13.9. The molecule has 0 amide bonds. The maximum Gasteiger partial charge on any atom is 0.311 e. The van der Waals surface area contributed by atoms with Gasteiger partial charge in [-0.25, -0.2) is 9.97 Å². The van der Waals surface area contributed by atoms with Crippen molar-refractivity contribution in [2.75, 3.05) is 18.0 Å². The van der Waals surface area contributed by atoms with Crippen molar-refractivity contribution in [1.82, 2.24) is 9.97 Å². The molecule has 2 aromatic rings. The topological polar surface area (TPSA) is 66.3 Å². The minimum Gasteiger partial charge on any atom is -0.481 e. The maximum atomic E-state index is 11.9. The number of carboxylic acids is 1. The molecule has 1 saturated carbocycles. The van der Waals surface area contributed by atoms with Crippen molar-refractivity contribution in [2.45, 2.75) is 32.6 Å². The van der Waals surface area contributed by atoms with E-state index in [0.717, 1.165) is 54.1 Å². The fourth-order valence-corrected chi connectivity index (χ4v) is 4.86. The molecule has 4 rings (SSSR count). The van der Waals surface area contributed by atoms with Crippen LogP contribution < -0.4 is 4.90 Å². The summed E-state index contributed by atoms with van der Waals surface area (Å²) in [5.74, 6) is 1.38. The largest absolute Gasteiger partial charge is 0.481 e. The van der Waals surface area contributed by atoms with E-state index in [4.69, 9.17) is 4.98 Å². The molecule has 0 spiro atoms. The van der Waals surface area contributed by atoms with E-state index in [1.807, 2.05) is 5.38 Å². The van der Waals surface area contributed by atoms with Gasteiger partial charge in [-0.3, -0.25) is 4.79 Å². The van der Waals surface area contributed by atoms with E-state index in [1.165, 1.54) is 0 Å². The molecule has 1 aliphatic heterocycles. The lowest BCUT2D eigenvalue weighted by molar-refractivity contribution is -0.149. The predicted molar refractivity (Wildman–Crippen MR) is 86.4 cm³/mol. The molecule has 1 N–H and O–H groups in total. The van der Waals surface area contributed by atoms with Crippen LogP contribution in [0.25, 0.3) is 10.2 Å². The minimum atomic E-state index is -0.635. The summed E-state index contributed by atoms with van der Waals surface area (Å²) < 4.78 is 0. The Morgan fingerprint density at radius 1 is 1.55 bits per heavy atom. The number of rotatable bonds is 3. The Bertz CT molecular complexity index is 744. The van der Waals surface area contributed by atoms with Crippen molar-refractivity contribution in [3.8, 4) is 0 Å². The van der Waals surface area contributed by atoms with E-state index < -0.39 is 11.4 Å². The fraction of sp³-hybridized carbons (Fsp3) is 0.562. The smallest absolute Gasteiger partial charge is 0.311 e. The second-order valence-corrected chi connectivity index (χ2v) is 7.28. The van der Waals surface area contributed by atoms with Crippen LogP contribution in [0.15, 0.2) is 11.4 Å². The monoisotopic (exact) mass is 317 g/mol. The number of carbonyl (C=O) groups is 1. The van der Waals surface area contributed by atoms with E-state index in [1.54, 1.807) is 11.3 Å². The first-order chi connectivity index (χ1) is 10.6. The molecule has 1 saturated heterocycles. The predicted octanol–water partition coefficient (Wildman–Crippen LogP) is 2.94. The zero-order chi connectivity index (χ0) is 15.3. The number of carboxylic acid groups (broad SMARTS) is 1. The third kappa shape index (κ3) is 1.86. The standard InChI is InChI=1S/C16H19N3O2S/c1-2-12-17-13(11-5-7-22-14(11)18-12)19-8-10-4-3-6-16(10,9-19)15(20)21/h5,7,10H,2-4,6,8-9H2,1H3,(H,20,21)/t10-,16+/m0/s1. The van der Waals surface area contributed by atoms with Crippen LogP contribution >= 0.6 is 11.3 Å².